The summed E-state index contributed by atoms with van der Waals surface area (Å²) in [5.74, 6) is 0. The first kappa shape index (κ1) is 28.8. The van der Waals surface area contributed by atoms with Gasteiger partial charge in [0.1, 0.15) is 0 Å². The van der Waals surface area contributed by atoms with E-state index >= 15 is 0 Å². The zero-order valence-corrected chi connectivity index (χ0v) is 25.8. The Bertz CT molecular complexity index is 703. The Labute approximate surface area is 209 Å². The highest BCUT2D eigenvalue weighted by atomic mass is 28.4. The van der Waals surface area contributed by atoms with E-state index in [9.17, 15) is 0 Å². The third-order valence-electron chi connectivity index (χ3n) is 9.40. The summed E-state index contributed by atoms with van der Waals surface area (Å²) in [7, 11) is -3.12. The molecular weight excluding hydrogens is 434 g/mol. The molecule has 1 heterocycles. The molecule has 0 N–H and O–H groups in total. The molecule has 4 heteroatoms. The number of hydrogen-bond donors (Lipinski definition) is 0. The average molecular weight is 490 g/mol. The minimum Gasteiger partial charge on any atom is -0.417 e. The third-order valence-corrected chi connectivity index (χ3v) is 20.3. The van der Waals surface area contributed by atoms with Crippen LogP contribution in [0.3, 0.4) is 0 Å². The fraction of sp³-hybridized carbons (Fsp3) is 0.793. The quantitative estimate of drug-likeness (QED) is 0.240. The lowest BCUT2D eigenvalue weighted by Gasteiger charge is -2.51. The van der Waals surface area contributed by atoms with Crippen LogP contribution in [0.4, 0.5) is 0 Å². The molecule has 1 aromatic carbocycles. The number of benzene rings is 1. The minimum atomic E-state index is -1.63. The molecule has 0 unspecified atom stereocenters. The molecule has 2 atom stereocenters. The van der Waals surface area contributed by atoms with Gasteiger partial charge in [-0.3, -0.25) is 4.90 Å². The van der Waals surface area contributed by atoms with Crippen LogP contribution in [0.2, 0.25) is 41.8 Å². The second-order valence-electron chi connectivity index (χ2n) is 13.7. The Morgan fingerprint density at radius 2 is 1.55 bits per heavy atom. The van der Waals surface area contributed by atoms with Crippen LogP contribution in [0.5, 0.6) is 0 Å². The molecule has 0 spiro atoms. The molecule has 0 amide bonds. The fourth-order valence-corrected chi connectivity index (χ4v) is 9.55. The minimum absolute atomic E-state index is 0.302. The highest BCUT2D eigenvalue weighted by Crippen LogP contribution is 2.49. The molecule has 190 valence electrons. The van der Waals surface area contributed by atoms with Crippen LogP contribution in [0.25, 0.3) is 0 Å². The van der Waals surface area contributed by atoms with E-state index in [0.29, 0.717) is 10.1 Å². The molecule has 1 aromatic rings. The summed E-state index contributed by atoms with van der Waals surface area (Å²) in [5, 5.41) is 0.724. The van der Waals surface area contributed by atoms with E-state index in [-0.39, 0.29) is 0 Å². The highest BCUT2D eigenvalue weighted by molar-refractivity contribution is 6.81. The van der Waals surface area contributed by atoms with E-state index in [1.54, 1.807) is 0 Å². The molecule has 1 aliphatic heterocycles. The topological polar surface area (TPSA) is 12.5 Å². The van der Waals surface area contributed by atoms with E-state index < -0.39 is 16.4 Å². The fourth-order valence-electron chi connectivity index (χ4n) is 5.09. The van der Waals surface area contributed by atoms with E-state index in [4.69, 9.17) is 4.43 Å². The van der Waals surface area contributed by atoms with Gasteiger partial charge in [0.05, 0.1) is 8.07 Å². The number of hydrogen-bond acceptors (Lipinski definition) is 2. The van der Waals surface area contributed by atoms with Crippen LogP contribution in [-0.2, 0) is 11.0 Å². The molecule has 2 rings (SSSR count). The zero-order chi connectivity index (χ0) is 24.9. The van der Waals surface area contributed by atoms with Crippen LogP contribution in [0.1, 0.15) is 85.6 Å². The predicted octanol–water partition coefficient (Wildman–Crippen LogP) is 9.11. The van der Waals surface area contributed by atoms with Crippen molar-refractivity contribution in [1.29, 1.82) is 0 Å². The normalized spacial score (nSPS) is 20.1. The maximum atomic E-state index is 6.51. The number of unbranched alkanes of at least 4 members (excludes halogenated alkanes) is 1. The first-order chi connectivity index (χ1) is 15.2. The highest BCUT2D eigenvalue weighted by Gasteiger charge is 2.46. The second kappa shape index (κ2) is 11.5. The molecule has 1 fully saturated rings. The number of piperidine rings is 1. The van der Waals surface area contributed by atoms with E-state index in [1.165, 1.54) is 50.6 Å². The van der Waals surface area contributed by atoms with Crippen LogP contribution < -0.4 is 0 Å². The van der Waals surface area contributed by atoms with Crippen molar-refractivity contribution in [2.75, 3.05) is 13.2 Å². The lowest BCUT2D eigenvalue weighted by Crippen LogP contribution is -2.53. The Kier molecular flexibility index (Phi) is 10.1. The Hall–Kier alpha value is -0.426. The molecule has 0 bridgehead atoms. The van der Waals surface area contributed by atoms with Crippen molar-refractivity contribution in [3.05, 3.63) is 35.9 Å². The molecule has 1 aliphatic rings. The predicted molar refractivity (Wildman–Crippen MR) is 152 cm³/mol. The molecule has 0 radical (unpaired) electrons. The van der Waals surface area contributed by atoms with Gasteiger partial charge in [-0.2, -0.15) is 0 Å². The van der Waals surface area contributed by atoms with Crippen LogP contribution in [-0.4, -0.2) is 40.5 Å². The summed E-state index contributed by atoms with van der Waals surface area (Å²) in [6, 6.07) is 11.9. The monoisotopic (exact) mass is 489 g/mol. The summed E-state index contributed by atoms with van der Waals surface area (Å²) in [6.07, 6.45) is 8.02. The molecule has 0 aliphatic carbocycles. The first-order valence-electron chi connectivity index (χ1n) is 13.6. The van der Waals surface area contributed by atoms with E-state index in [0.717, 1.165) is 24.7 Å². The van der Waals surface area contributed by atoms with Gasteiger partial charge in [0.2, 0.25) is 0 Å². The third kappa shape index (κ3) is 7.78. The van der Waals surface area contributed by atoms with Gasteiger partial charge in [-0.05, 0) is 60.1 Å². The summed E-state index contributed by atoms with van der Waals surface area (Å²) < 4.78 is 6.51. The van der Waals surface area contributed by atoms with Crippen molar-refractivity contribution < 1.29 is 4.43 Å². The van der Waals surface area contributed by atoms with Gasteiger partial charge in [-0.1, -0.05) is 104 Å². The van der Waals surface area contributed by atoms with Gasteiger partial charge in [0, 0.05) is 19.2 Å². The van der Waals surface area contributed by atoms with Crippen LogP contribution in [0, 0.1) is 0 Å². The average Bonchev–Trinajstić information content (AvgIpc) is 2.70. The van der Waals surface area contributed by atoms with Gasteiger partial charge in [0.25, 0.3) is 0 Å². The summed E-state index contributed by atoms with van der Waals surface area (Å²) in [4.78, 5) is 2.86. The Morgan fingerprint density at radius 1 is 0.909 bits per heavy atom. The standard InChI is InChI=1S/C29H55NOSi2/c1-28(2,3)32(7,8)27(21-15-17-23-31-33(9,10)29(4,5)6)26-20-14-16-22-30(26)24-25-18-12-11-13-19-25/h11-13,18-19,26-27H,14-17,20-24H2,1-10H3/t26-,27+/m1/s1. The van der Waals surface area contributed by atoms with E-state index in [2.05, 4.69) is 103 Å². The smallest absolute Gasteiger partial charge is 0.191 e. The van der Waals surface area contributed by atoms with Crippen molar-refractivity contribution >= 4 is 16.4 Å². The molecule has 1 saturated heterocycles. The largest absolute Gasteiger partial charge is 0.417 e. The maximum absolute atomic E-state index is 6.51. The maximum Gasteiger partial charge on any atom is 0.191 e. The Balaban J connectivity index is 2.11. The molecule has 33 heavy (non-hydrogen) atoms. The van der Waals surface area contributed by atoms with Crippen molar-refractivity contribution in [2.45, 2.75) is 134 Å². The van der Waals surface area contributed by atoms with Crippen molar-refractivity contribution in [2.24, 2.45) is 0 Å². The molecule has 0 aromatic heterocycles. The second-order valence-corrected chi connectivity index (χ2v) is 24.2. The summed E-state index contributed by atoms with van der Waals surface area (Å²) in [5.41, 5.74) is 2.32. The lowest BCUT2D eigenvalue weighted by molar-refractivity contribution is 0.126. The SMILES string of the molecule is CC(C)(C)[Si](C)(C)OCCCC[C@@H]([C@H]1CCCCN1Cc1ccccc1)[Si](C)(C)C(C)(C)C. The van der Waals surface area contributed by atoms with Crippen molar-refractivity contribution in [3.8, 4) is 0 Å². The zero-order valence-electron chi connectivity index (χ0n) is 23.8. The lowest BCUT2D eigenvalue weighted by atomic mass is 9.95. The van der Waals surface area contributed by atoms with Gasteiger partial charge in [0.15, 0.2) is 8.32 Å². The van der Waals surface area contributed by atoms with Crippen molar-refractivity contribution in [1.82, 2.24) is 4.90 Å². The van der Waals surface area contributed by atoms with Crippen LogP contribution >= 0.6 is 0 Å². The van der Waals surface area contributed by atoms with Gasteiger partial charge in [-0.15, -0.1) is 0 Å². The van der Waals surface area contributed by atoms with Crippen molar-refractivity contribution in [3.63, 3.8) is 0 Å². The first-order valence-corrected chi connectivity index (χ1v) is 19.6. The van der Waals surface area contributed by atoms with Crippen LogP contribution in [0.15, 0.2) is 30.3 Å². The van der Waals surface area contributed by atoms with E-state index in [1.807, 2.05) is 0 Å². The molecule has 2 nitrogen and oxygen atoms in total. The Morgan fingerprint density at radius 3 is 2.12 bits per heavy atom. The summed E-state index contributed by atoms with van der Waals surface area (Å²) in [6.45, 7) is 28.0. The van der Waals surface area contributed by atoms with Gasteiger partial charge >= 0.3 is 0 Å². The number of nitrogens with zero attached hydrogens (tertiary/aromatic N) is 1. The number of likely N-dealkylation sites (tertiary alicyclic amines) is 1. The molecular formula is C29H55NOSi2. The number of rotatable bonds is 10. The molecule has 0 saturated carbocycles. The van der Waals surface area contributed by atoms with Gasteiger partial charge in [-0.25, -0.2) is 0 Å². The summed E-state index contributed by atoms with van der Waals surface area (Å²) >= 11 is 0. The van der Waals surface area contributed by atoms with Gasteiger partial charge < -0.3 is 4.43 Å².